The van der Waals surface area contributed by atoms with Crippen molar-refractivity contribution in [3.63, 3.8) is 0 Å². The van der Waals surface area contributed by atoms with E-state index in [1.165, 1.54) is 19.3 Å². The topological polar surface area (TPSA) is 92.4 Å². The zero-order chi connectivity index (χ0) is 20.9. The maximum Gasteiger partial charge on any atom is 0.256 e. The Labute approximate surface area is 176 Å². The lowest BCUT2D eigenvalue weighted by Crippen LogP contribution is -2.41. The maximum atomic E-state index is 13.2. The molecular weight excluding hydrogens is 382 g/mol. The predicted molar refractivity (Wildman–Crippen MR) is 109 cm³/mol. The van der Waals surface area contributed by atoms with E-state index in [2.05, 4.69) is 15.1 Å². The smallest absolute Gasteiger partial charge is 0.256 e. The first kappa shape index (κ1) is 20.5. The van der Waals surface area contributed by atoms with Crippen LogP contribution in [0.15, 0.2) is 29.0 Å². The fourth-order valence-electron chi connectivity index (χ4n) is 4.54. The highest BCUT2D eigenvalue weighted by molar-refractivity contribution is 5.94. The summed E-state index contributed by atoms with van der Waals surface area (Å²) in [5, 5.41) is 3.91. The lowest BCUT2D eigenvalue weighted by atomic mass is 9.86. The number of amides is 2. The van der Waals surface area contributed by atoms with Gasteiger partial charge in [-0.25, -0.2) is 0 Å². The van der Waals surface area contributed by atoms with Gasteiger partial charge in [-0.15, -0.1) is 0 Å². The monoisotopic (exact) mass is 411 g/mol. The summed E-state index contributed by atoms with van der Waals surface area (Å²) in [5.74, 6) is 1.40. The Balaban J connectivity index is 1.55. The largest absolute Gasteiger partial charge is 0.340 e. The van der Waals surface area contributed by atoms with Crippen molar-refractivity contribution in [3.05, 3.63) is 41.8 Å². The summed E-state index contributed by atoms with van der Waals surface area (Å²) >= 11 is 0. The van der Waals surface area contributed by atoms with Gasteiger partial charge in [-0.2, -0.15) is 4.98 Å². The molecular formula is C22H29N5O3. The van der Waals surface area contributed by atoms with Crippen molar-refractivity contribution in [1.82, 2.24) is 24.9 Å². The van der Waals surface area contributed by atoms with Crippen molar-refractivity contribution in [2.45, 2.75) is 57.9 Å². The minimum Gasteiger partial charge on any atom is -0.340 e. The van der Waals surface area contributed by atoms with Crippen LogP contribution in [0.1, 0.15) is 73.1 Å². The molecule has 0 radical (unpaired) electrons. The van der Waals surface area contributed by atoms with E-state index in [0.717, 1.165) is 12.8 Å². The molecule has 1 saturated carbocycles. The molecule has 2 fully saturated rings. The molecule has 4 rings (SSSR count). The van der Waals surface area contributed by atoms with Gasteiger partial charge in [0.2, 0.25) is 5.91 Å². The molecule has 160 valence electrons. The third-order valence-corrected chi connectivity index (χ3v) is 6.14. The number of hydrogen-bond donors (Lipinski definition) is 0. The first-order valence-electron chi connectivity index (χ1n) is 10.9. The van der Waals surface area contributed by atoms with Gasteiger partial charge in [-0.05, 0) is 44.2 Å². The molecule has 2 aromatic heterocycles. The average molecular weight is 412 g/mol. The van der Waals surface area contributed by atoms with E-state index in [9.17, 15) is 9.59 Å². The highest BCUT2D eigenvalue weighted by Gasteiger charge is 2.36. The van der Waals surface area contributed by atoms with Crippen LogP contribution in [0, 0.1) is 12.8 Å². The first-order valence-corrected chi connectivity index (χ1v) is 10.9. The normalized spacial score (nSPS) is 20.8. The summed E-state index contributed by atoms with van der Waals surface area (Å²) in [7, 11) is 0. The summed E-state index contributed by atoms with van der Waals surface area (Å²) in [6.45, 7) is 3.28. The Morgan fingerprint density at radius 1 is 1.17 bits per heavy atom. The van der Waals surface area contributed by atoms with Crippen LogP contribution in [-0.2, 0) is 4.79 Å². The second kappa shape index (κ2) is 9.36. The molecule has 2 aliphatic rings. The number of aryl methyl sites for hydroxylation is 1. The van der Waals surface area contributed by atoms with Gasteiger partial charge in [0.25, 0.3) is 11.8 Å². The molecule has 0 bridgehead atoms. The molecule has 0 N–H and O–H groups in total. The fraction of sp³-hybridized carbons (Fsp3) is 0.591. The number of rotatable bonds is 4. The molecule has 1 aliphatic heterocycles. The zero-order valence-electron chi connectivity index (χ0n) is 17.5. The van der Waals surface area contributed by atoms with Crippen LogP contribution < -0.4 is 0 Å². The van der Waals surface area contributed by atoms with E-state index in [1.54, 1.807) is 36.4 Å². The minimum atomic E-state index is -0.461. The molecule has 0 spiro atoms. The Morgan fingerprint density at radius 3 is 2.70 bits per heavy atom. The van der Waals surface area contributed by atoms with E-state index < -0.39 is 6.04 Å². The fourth-order valence-corrected chi connectivity index (χ4v) is 4.54. The van der Waals surface area contributed by atoms with Crippen LogP contribution in [0.5, 0.6) is 0 Å². The van der Waals surface area contributed by atoms with Crippen LogP contribution in [-0.4, -0.2) is 56.4 Å². The minimum absolute atomic E-state index is 0.134. The van der Waals surface area contributed by atoms with E-state index in [1.807, 2.05) is 4.90 Å². The molecule has 2 aromatic rings. The number of carbonyl (C=O) groups excluding carboxylic acids is 2. The quantitative estimate of drug-likeness (QED) is 0.767. The van der Waals surface area contributed by atoms with Gasteiger partial charge in [0.05, 0.1) is 12.1 Å². The van der Waals surface area contributed by atoms with Crippen molar-refractivity contribution < 1.29 is 14.1 Å². The van der Waals surface area contributed by atoms with Crippen molar-refractivity contribution >= 4 is 11.8 Å². The molecule has 3 heterocycles. The van der Waals surface area contributed by atoms with Crippen LogP contribution in [0.4, 0.5) is 0 Å². The molecule has 1 aliphatic carbocycles. The molecule has 8 nitrogen and oxygen atoms in total. The van der Waals surface area contributed by atoms with Crippen molar-refractivity contribution in [2.24, 2.45) is 5.92 Å². The van der Waals surface area contributed by atoms with E-state index in [-0.39, 0.29) is 11.8 Å². The summed E-state index contributed by atoms with van der Waals surface area (Å²) in [5.41, 5.74) is 0.515. The van der Waals surface area contributed by atoms with E-state index in [0.29, 0.717) is 55.7 Å². The maximum absolute atomic E-state index is 13.2. The van der Waals surface area contributed by atoms with Crippen LogP contribution in [0.25, 0.3) is 0 Å². The third-order valence-electron chi connectivity index (χ3n) is 6.14. The number of carbonyl (C=O) groups is 2. The molecule has 30 heavy (non-hydrogen) atoms. The summed E-state index contributed by atoms with van der Waals surface area (Å²) in [6, 6.07) is 3.04. The number of pyridine rings is 1. The van der Waals surface area contributed by atoms with Crippen molar-refractivity contribution in [1.29, 1.82) is 0 Å². The molecule has 1 saturated heterocycles. The number of aromatic nitrogens is 3. The number of hydrogen-bond acceptors (Lipinski definition) is 6. The second-order valence-electron chi connectivity index (χ2n) is 8.34. The van der Waals surface area contributed by atoms with Gasteiger partial charge >= 0.3 is 0 Å². The third kappa shape index (κ3) is 4.68. The lowest BCUT2D eigenvalue weighted by molar-refractivity contribution is -0.132. The van der Waals surface area contributed by atoms with Gasteiger partial charge in [0.1, 0.15) is 6.04 Å². The highest BCUT2D eigenvalue weighted by Crippen LogP contribution is 2.29. The van der Waals surface area contributed by atoms with Crippen LogP contribution in [0.2, 0.25) is 0 Å². The van der Waals surface area contributed by atoms with Gasteiger partial charge in [0, 0.05) is 31.9 Å². The number of nitrogens with zero attached hydrogens (tertiary/aromatic N) is 5. The summed E-state index contributed by atoms with van der Waals surface area (Å²) in [6.07, 6.45) is 10.5. The summed E-state index contributed by atoms with van der Waals surface area (Å²) in [4.78, 5) is 38.4. The molecule has 0 aromatic carbocycles. The highest BCUT2D eigenvalue weighted by atomic mass is 16.5. The average Bonchev–Trinajstić information content (AvgIpc) is 3.08. The van der Waals surface area contributed by atoms with E-state index in [4.69, 9.17) is 4.52 Å². The van der Waals surface area contributed by atoms with Crippen molar-refractivity contribution in [3.8, 4) is 0 Å². The predicted octanol–water partition coefficient (Wildman–Crippen LogP) is 3.16. The molecule has 2 amide bonds. The Hall–Kier alpha value is -2.77. The SMILES string of the molecule is Cc1noc(C2CN(C(=O)CC3CCCCC3)CCCN2C(=O)c2cccnc2)n1. The Morgan fingerprint density at radius 2 is 2.00 bits per heavy atom. The van der Waals surface area contributed by atoms with E-state index >= 15 is 0 Å². The molecule has 8 heteroatoms. The van der Waals surface area contributed by atoms with Crippen LogP contribution >= 0.6 is 0 Å². The summed E-state index contributed by atoms with van der Waals surface area (Å²) < 4.78 is 5.45. The zero-order valence-corrected chi connectivity index (χ0v) is 17.5. The van der Waals surface area contributed by atoms with Crippen LogP contribution in [0.3, 0.4) is 0 Å². The first-order chi connectivity index (χ1) is 14.6. The standard InChI is InChI=1S/C22H29N5O3/c1-16-24-21(30-25-16)19-15-26(20(28)13-17-7-3-2-4-8-17)11-6-12-27(19)22(29)18-9-5-10-23-14-18/h5,9-10,14,17,19H,2-4,6-8,11-13,15H2,1H3. The van der Waals surface area contributed by atoms with Crippen molar-refractivity contribution in [2.75, 3.05) is 19.6 Å². The second-order valence-corrected chi connectivity index (χ2v) is 8.34. The van der Waals surface area contributed by atoms with Gasteiger partial charge in [-0.1, -0.05) is 24.4 Å². The van der Waals surface area contributed by atoms with Gasteiger partial charge in [-0.3, -0.25) is 14.6 Å². The Bertz CT molecular complexity index is 863. The van der Waals surface area contributed by atoms with Gasteiger partial charge in [0.15, 0.2) is 5.82 Å². The molecule has 1 atom stereocenters. The lowest BCUT2D eigenvalue weighted by Gasteiger charge is -2.30. The van der Waals surface area contributed by atoms with Gasteiger partial charge < -0.3 is 14.3 Å². The Kier molecular flexibility index (Phi) is 6.40. The molecule has 1 unspecified atom stereocenters.